The van der Waals surface area contributed by atoms with E-state index in [0.29, 0.717) is 13.2 Å². The highest BCUT2D eigenvalue weighted by Gasteiger charge is 1.98. The van der Waals surface area contributed by atoms with E-state index in [1.807, 2.05) is 25.1 Å². The number of benzene rings is 1. The minimum atomic E-state index is -0.00854. The van der Waals surface area contributed by atoms with Gasteiger partial charge in [0.2, 0.25) is 0 Å². The van der Waals surface area contributed by atoms with Gasteiger partial charge in [-0.15, -0.1) is 0 Å². The molecule has 1 rings (SSSR count). The van der Waals surface area contributed by atoms with E-state index < -0.39 is 0 Å². The van der Waals surface area contributed by atoms with Gasteiger partial charge in [0, 0.05) is 0 Å². The third-order valence-electron chi connectivity index (χ3n) is 1.97. The molecule has 0 aromatic heterocycles. The smallest absolute Gasteiger partial charge is 0.0677 e. The molecule has 0 saturated heterocycles. The highest BCUT2D eigenvalue weighted by Crippen LogP contribution is 2.00. The predicted octanol–water partition coefficient (Wildman–Crippen LogP) is 2.41. The summed E-state index contributed by atoms with van der Waals surface area (Å²) in [6.07, 6.45) is 0.916. The molecule has 2 heteroatoms. The Labute approximate surface area is 85.1 Å². The summed E-state index contributed by atoms with van der Waals surface area (Å²) in [6.45, 7) is 3.09. The molecule has 0 N–H and O–H groups in total. The lowest BCUT2D eigenvalue weighted by atomic mass is 10.2. The molecule has 0 spiro atoms. The molecule has 1 atom stereocenters. The summed E-state index contributed by atoms with van der Waals surface area (Å²) in [4.78, 5) is 0. The van der Waals surface area contributed by atoms with Gasteiger partial charge >= 0.3 is 0 Å². The van der Waals surface area contributed by atoms with Gasteiger partial charge in [-0.1, -0.05) is 30.3 Å². The summed E-state index contributed by atoms with van der Waals surface area (Å²) in [5.41, 5.74) is 1.28. The summed E-state index contributed by atoms with van der Waals surface area (Å²) in [6, 6.07) is 12.3. The van der Waals surface area contributed by atoms with Crippen molar-refractivity contribution >= 4 is 0 Å². The van der Waals surface area contributed by atoms with Gasteiger partial charge in [-0.05, 0) is 18.9 Å². The van der Waals surface area contributed by atoms with Gasteiger partial charge in [-0.25, -0.2) is 0 Å². The van der Waals surface area contributed by atoms with Crippen molar-refractivity contribution in [2.75, 3.05) is 13.2 Å². The zero-order chi connectivity index (χ0) is 10.2. The highest BCUT2D eigenvalue weighted by molar-refractivity contribution is 5.14. The maximum absolute atomic E-state index is 8.52. The van der Waals surface area contributed by atoms with E-state index in [0.717, 1.165) is 6.42 Å². The quantitative estimate of drug-likeness (QED) is 0.666. The number of nitrogens with zero attached hydrogens (tertiary/aromatic N) is 1. The molecule has 0 aliphatic rings. The molecule has 0 bridgehead atoms. The van der Waals surface area contributed by atoms with Crippen LogP contribution in [-0.2, 0) is 11.2 Å². The fourth-order valence-electron chi connectivity index (χ4n) is 1.13. The van der Waals surface area contributed by atoms with Crippen LogP contribution in [0.25, 0.3) is 0 Å². The Morgan fingerprint density at radius 1 is 1.36 bits per heavy atom. The molecule has 0 aliphatic heterocycles. The van der Waals surface area contributed by atoms with Crippen molar-refractivity contribution in [1.29, 1.82) is 5.26 Å². The molecule has 14 heavy (non-hydrogen) atoms. The van der Waals surface area contributed by atoms with Gasteiger partial charge in [0.25, 0.3) is 0 Å². The number of hydrogen-bond acceptors (Lipinski definition) is 2. The van der Waals surface area contributed by atoms with Crippen LogP contribution < -0.4 is 0 Å². The second kappa shape index (κ2) is 6.17. The Morgan fingerprint density at radius 3 is 2.71 bits per heavy atom. The average molecular weight is 189 g/mol. The lowest BCUT2D eigenvalue weighted by Gasteiger charge is -2.04. The molecular formula is C12H15NO. The molecular weight excluding hydrogens is 174 g/mol. The first-order valence-electron chi connectivity index (χ1n) is 4.84. The average Bonchev–Trinajstić information content (AvgIpc) is 2.25. The number of hydrogen-bond donors (Lipinski definition) is 0. The topological polar surface area (TPSA) is 33.0 Å². The summed E-state index contributed by atoms with van der Waals surface area (Å²) in [5, 5.41) is 8.52. The number of nitriles is 1. The molecule has 0 amide bonds. The molecule has 74 valence electrons. The van der Waals surface area contributed by atoms with Crippen LogP contribution in [0.15, 0.2) is 30.3 Å². The SMILES string of the molecule is CC(C#N)COCCc1ccccc1. The first-order chi connectivity index (χ1) is 6.83. The summed E-state index contributed by atoms with van der Waals surface area (Å²) >= 11 is 0. The van der Waals surface area contributed by atoms with Crippen LogP contribution in [0.3, 0.4) is 0 Å². The van der Waals surface area contributed by atoms with Crippen LogP contribution in [-0.4, -0.2) is 13.2 Å². The molecule has 2 nitrogen and oxygen atoms in total. The van der Waals surface area contributed by atoms with Crippen molar-refractivity contribution in [2.45, 2.75) is 13.3 Å². The standard InChI is InChI=1S/C12H15NO/c1-11(9-13)10-14-8-7-12-5-3-2-4-6-12/h2-6,11H,7-8,10H2,1H3. The van der Waals surface area contributed by atoms with E-state index in [2.05, 4.69) is 18.2 Å². The van der Waals surface area contributed by atoms with Crippen molar-refractivity contribution in [2.24, 2.45) is 5.92 Å². The van der Waals surface area contributed by atoms with Gasteiger partial charge in [0.15, 0.2) is 0 Å². The van der Waals surface area contributed by atoms with Crippen molar-refractivity contribution < 1.29 is 4.74 Å². The molecule has 0 saturated carbocycles. The summed E-state index contributed by atoms with van der Waals surface area (Å²) in [5.74, 6) is -0.00854. The predicted molar refractivity (Wildman–Crippen MR) is 55.7 cm³/mol. The maximum Gasteiger partial charge on any atom is 0.0677 e. The van der Waals surface area contributed by atoms with E-state index in [1.54, 1.807) is 0 Å². The molecule has 1 aromatic carbocycles. The minimum Gasteiger partial charge on any atom is -0.380 e. The second-order valence-corrected chi connectivity index (χ2v) is 3.34. The van der Waals surface area contributed by atoms with Gasteiger partial charge in [-0.3, -0.25) is 0 Å². The van der Waals surface area contributed by atoms with Crippen molar-refractivity contribution in [3.63, 3.8) is 0 Å². The van der Waals surface area contributed by atoms with E-state index >= 15 is 0 Å². The van der Waals surface area contributed by atoms with Crippen LogP contribution in [0.1, 0.15) is 12.5 Å². The molecule has 1 unspecified atom stereocenters. The van der Waals surface area contributed by atoms with Crippen LogP contribution in [0.2, 0.25) is 0 Å². The van der Waals surface area contributed by atoms with Crippen molar-refractivity contribution in [3.8, 4) is 6.07 Å². The third kappa shape index (κ3) is 4.06. The van der Waals surface area contributed by atoms with E-state index in [1.165, 1.54) is 5.56 Å². The Morgan fingerprint density at radius 2 is 2.07 bits per heavy atom. The van der Waals surface area contributed by atoms with Gasteiger partial charge < -0.3 is 4.74 Å². The first-order valence-corrected chi connectivity index (χ1v) is 4.84. The van der Waals surface area contributed by atoms with Crippen molar-refractivity contribution in [3.05, 3.63) is 35.9 Å². The van der Waals surface area contributed by atoms with E-state index in [9.17, 15) is 0 Å². The zero-order valence-corrected chi connectivity index (χ0v) is 8.44. The maximum atomic E-state index is 8.52. The molecule has 0 aliphatic carbocycles. The Kier molecular flexibility index (Phi) is 4.74. The molecule has 1 aromatic rings. The van der Waals surface area contributed by atoms with Gasteiger partial charge in [-0.2, -0.15) is 5.26 Å². The summed E-state index contributed by atoms with van der Waals surface area (Å²) < 4.78 is 5.37. The monoisotopic (exact) mass is 189 g/mol. The van der Waals surface area contributed by atoms with Gasteiger partial charge in [0.1, 0.15) is 0 Å². The van der Waals surface area contributed by atoms with Crippen LogP contribution in [0, 0.1) is 17.2 Å². The fourth-order valence-corrected chi connectivity index (χ4v) is 1.13. The normalized spacial score (nSPS) is 12.0. The van der Waals surface area contributed by atoms with E-state index in [4.69, 9.17) is 10.00 Å². The van der Waals surface area contributed by atoms with E-state index in [-0.39, 0.29) is 5.92 Å². The van der Waals surface area contributed by atoms with Crippen LogP contribution in [0.4, 0.5) is 0 Å². The van der Waals surface area contributed by atoms with Gasteiger partial charge in [0.05, 0.1) is 25.2 Å². The highest BCUT2D eigenvalue weighted by atomic mass is 16.5. The number of rotatable bonds is 5. The Hall–Kier alpha value is -1.33. The second-order valence-electron chi connectivity index (χ2n) is 3.34. The molecule has 0 fully saturated rings. The fraction of sp³-hybridized carbons (Fsp3) is 0.417. The lowest BCUT2D eigenvalue weighted by Crippen LogP contribution is -2.06. The van der Waals surface area contributed by atoms with Crippen molar-refractivity contribution in [1.82, 2.24) is 0 Å². The Balaban J connectivity index is 2.14. The lowest BCUT2D eigenvalue weighted by molar-refractivity contribution is 0.121. The minimum absolute atomic E-state index is 0.00854. The molecule has 0 heterocycles. The zero-order valence-electron chi connectivity index (χ0n) is 8.44. The first kappa shape index (κ1) is 10.7. The molecule has 0 radical (unpaired) electrons. The number of ether oxygens (including phenoxy) is 1. The summed E-state index contributed by atoms with van der Waals surface area (Å²) in [7, 11) is 0. The third-order valence-corrected chi connectivity index (χ3v) is 1.97. The largest absolute Gasteiger partial charge is 0.380 e. The van der Waals surface area contributed by atoms with Crippen LogP contribution in [0.5, 0.6) is 0 Å². The Bertz CT molecular complexity index is 289. The van der Waals surface area contributed by atoms with Crippen LogP contribution >= 0.6 is 0 Å².